The Morgan fingerprint density at radius 1 is 0.538 bits per heavy atom. The Balaban J connectivity index is 4.40. The van der Waals surface area contributed by atoms with E-state index in [2.05, 4.69) is 19.1 Å². The standard InChI is InChI=1S/C32H59NO6/c1-5-6-7-8-9-10-11-12-13-14-15-16-17-18-19-20-21-22-23-33(24-27(2)30(34)35,25-28(3)31(36)37)26-29(4)32(38)39/h13-14,27-29H,5-12,15-26H2,1-4H3,(H2-,34,35,36,37,38,39)/p+1/b14-13+. The lowest BCUT2D eigenvalue weighted by atomic mass is 10.0. The highest BCUT2D eigenvalue weighted by atomic mass is 16.4. The Hall–Kier alpha value is -1.89. The van der Waals surface area contributed by atoms with Gasteiger partial charge in [0.15, 0.2) is 0 Å². The van der Waals surface area contributed by atoms with E-state index in [4.69, 9.17) is 0 Å². The van der Waals surface area contributed by atoms with Gasteiger partial charge in [0, 0.05) is 0 Å². The molecule has 0 spiro atoms. The summed E-state index contributed by atoms with van der Waals surface area (Å²) in [6.07, 6.45) is 24.2. The van der Waals surface area contributed by atoms with Crippen LogP contribution >= 0.6 is 0 Å². The average Bonchev–Trinajstić information content (AvgIpc) is 2.87. The van der Waals surface area contributed by atoms with Crippen LogP contribution in [0.4, 0.5) is 0 Å². The zero-order valence-electron chi connectivity index (χ0n) is 25.5. The Kier molecular flexibility index (Phi) is 21.8. The third kappa shape index (κ3) is 19.8. The summed E-state index contributed by atoms with van der Waals surface area (Å²) in [5.74, 6) is -4.81. The van der Waals surface area contributed by atoms with Crippen LogP contribution in [0.15, 0.2) is 12.2 Å². The number of hydrogen-bond acceptors (Lipinski definition) is 3. The molecule has 0 heterocycles. The molecule has 7 heteroatoms. The van der Waals surface area contributed by atoms with E-state index in [1.54, 1.807) is 20.8 Å². The van der Waals surface area contributed by atoms with Crippen LogP contribution in [0, 0.1) is 17.8 Å². The fourth-order valence-electron chi connectivity index (χ4n) is 5.52. The maximum Gasteiger partial charge on any atom is 0.311 e. The Morgan fingerprint density at radius 2 is 0.846 bits per heavy atom. The quantitative estimate of drug-likeness (QED) is 0.0543. The van der Waals surface area contributed by atoms with Crippen molar-refractivity contribution < 1.29 is 34.2 Å². The fraction of sp³-hybridized carbons (Fsp3) is 0.844. The van der Waals surface area contributed by atoms with Gasteiger partial charge in [0.1, 0.15) is 17.8 Å². The number of carbonyl (C=O) groups is 3. The number of allylic oxidation sites excluding steroid dienone is 2. The summed E-state index contributed by atoms with van der Waals surface area (Å²) in [5.41, 5.74) is 0. The third-order valence-corrected chi connectivity index (χ3v) is 7.89. The molecule has 0 aromatic carbocycles. The van der Waals surface area contributed by atoms with E-state index in [1.807, 2.05) is 0 Å². The van der Waals surface area contributed by atoms with Crippen LogP contribution < -0.4 is 0 Å². The molecule has 0 aromatic rings. The zero-order chi connectivity index (χ0) is 29.5. The molecule has 0 aliphatic carbocycles. The highest BCUT2D eigenvalue weighted by Crippen LogP contribution is 2.22. The molecular weight excluding hydrogens is 494 g/mol. The van der Waals surface area contributed by atoms with Crippen molar-refractivity contribution in [3.05, 3.63) is 12.2 Å². The summed E-state index contributed by atoms with van der Waals surface area (Å²) in [5, 5.41) is 28.5. The molecule has 0 aliphatic heterocycles. The van der Waals surface area contributed by atoms with Crippen molar-refractivity contribution in [2.45, 2.75) is 130 Å². The monoisotopic (exact) mass is 554 g/mol. The molecule has 228 valence electrons. The smallest absolute Gasteiger partial charge is 0.311 e. The lowest BCUT2D eigenvalue weighted by Crippen LogP contribution is -2.57. The van der Waals surface area contributed by atoms with Crippen molar-refractivity contribution in [1.29, 1.82) is 0 Å². The molecule has 0 saturated carbocycles. The van der Waals surface area contributed by atoms with Crippen molar-refractivity contribution in [2.24, 2.45) is 17.8 Å². The predicted octanol–water partition coefficient (Wildman–Crippen LogP) is 7.78. The molecule has 0 saturated heterocycles. The van der Waals surface area contributed by atoms with E-state index in [-0.39, 0.29) is 24.1 Å². The van der Waals surface area contributed by atoms with Crippen LogP contribution in [0.2, 0.25) is 0 Å². The van der Waals surface area contributed by atoms with Crippen LogP contribution in [-0.2, 0) is 14.4 Å². The van der Waals surface area contributed by atoms with E-state index < -0.39 is 35.7 Å². The van der Waals surface area contributed by atoms with Crippen LogP contribution in [0.25, 0.3) is 0 Å². The number of quaternary nitrogens is 1. The highest BCUT2D eigenvalue weighted by molar-refractivity contribution is 5.70. The summed E-state index contributed by atoms with van der Waals surface area (Å²) < 4.78 is 0.222. The Bertz CT molecular complexity index is 637. The second-order valence-electron chi connectivity index (χ2n) is 12.0. The van der Waals surface area contributed by atoms with Crippen molar-refractivity contribution in [1.82, 2.24) is 0 Å². The van der Waals surface area contributed by atoms with Crippen LogP contribution in [0.1, 0.15) is 130 Å². The topological polar surface area (TPSA) is 112 Å². The normalized spacial score (nSPS) is 15.6. The number of aliphatic carboxylic acids is 3. The molecule has 0 fully saturated rings. The largest absolute Gasteiger partial charge is 0.481 e. The molecule has 3 N–H and O–H groups in total. The van der Waals surface area contributed by atoms with Gasteiger partial charge >= 0.3 is 17.9 Å². The fourth-order valence-corrected chi connectivity index (χ4v) is 5.52. The van der Waals surface area contributed by atoms with Gasteiger partial charge in [0.2, 0.25) is 0 Å². The molecule has 0 radical (unpaired) electrons. The summed E-state index contributed by atoms with van der Waals surface area (Å²) >= 11 is 0. The van der Waals surface area contributed by atoms with Crippen molar-refractivity contribution in [3.8, 4) is 0 Å². The SMILES string of the molecule is CCCCCCCCC/C=C/CCCCCCCCC[N+](CC(C)C(=O)O)(CC(C)C(=O)O)CC(C)C(=O)O. The minimum atomic E-state index is -0.934. The zero-order valence-corrected chi connectivity index (χ0v) is 25.5. The van der Waals surface area contributed by atoms with Gasteiger partial charge in [0.25, 0.3) is 0 Å². The van der Waals surface area contributed by atoms with Crippen molar-refractivity contribution in [2.75, 3.05) is 26.2 Å². The molecule has 3 unspecified atom stereocenters. The molecule has 0 amide bonds. The van der Waals surface area contributed by atoms with Gasteiger partial charge in [-0.05, 0) is 59.3 Å². The number of carboxylic acids is 3. The van der Waals surface area contributed by atoms with Gasteiger partial charge < -0.3 is 19.8 Å². The van der Waals surface area contributed by atoms with E-state index in [9.17, 15) is 29.7 Å². The van der Waals surface area contributed by atoms with Gasteiger partial charge in [0.05, 0.1) is 26.2 Å². The Morgan fingerprint density at radius 3 is 1.18 bits per heavy atom. The lowest BCUT2D eigenvalue weighted by Gasteiger charge is -2.42. The predicted molar refractivity (Wildman–Crippen MR) is 159 cm³/mol. The third-order valence-electron chi connectivity index (χ3n) is 7.89. The van der Waals surface area contributed by atoms with Crippen LogP contribution in [0.3, 0.4) is 0 Å². The van der Waals surface area contributed by atoms with Gasteiger partial charge in [-0.15, -0.1) is 0 Å². The first-order chi connectivity index (χ1) is 18.5. The number of carboxylic acid groups (broad SMARTS) is 3. The maximum absolute atomic E-state index is 11.6. The summed E-state index contributed by atoms with van der Waals surface area (Å²) in [4.78, 5) is 34.8. The van der Waals surface area contributed by atoms with Crippen molar-refractivity contribution >= 4 is 17.9 Å². The summed E-state index contributed by atoms with van der Waals surface area (Å²) in [7, 11) is 0. The molecule has 3 atom stereocenters. The average molecular weight is 555 g/mol. The number of hydrogen-bond donors (Lipinski definition) is 3. The minimum absolute atomic E-state index is 0.222. The van der Waals surface area contributed by atoms with Crippen molar-refractivity contribution in [3.63, 3.8) is 0 Å². The molecule has 0 aromatic heterocycles. The van der Waals surface area contributed by atoms with Gasteiger partial charge in [-0.25, -0.2) is 0 Å². The lowest BCUT2D eigenvalue weighted by molar-refractivity contribution is -0.934. The first-order valence-electron chi connectivity index (χ1n) is 15.7. The molecule has 7 nitrogen and oxygen atoms in total. The maximum atomic E-state index is 11.6. The molecule has 39 heavy (non-hydrogen) atoms. The molecular formula is C32H60NO6+. The first-order valence-corrected chi connectivity index (χ1v) is 15.7. The minimum Gasteiger partial charge on any atom is -0.481 e. The van der Waals surface area contributed by atoms with Gasteiger partial charge in [-0.3, -0.25) is 14.4 Å². The van der Waals surface area contributed by atoms with E-state index in [0.717, 1.165) is 32.1 Å². The second-order valence-corrected chi connectivity index (χ2v) is 12.0. The first kappa shape index (κ1) is 37.1. The second kappa shape index (κ2) is 22.9. The number of rotatable bonds is 27. The van der Waals surface area contributed by atoms with Crippen LogP contribution in [0.5, 0.6) is 0 Å². The summed E-state index contributed by atoms with van der Waals surface area (Å²) in [6.45, 7) is 8.47. The Labute approximate surface area is 238 Å². The van der Waals surface area contributed by atoms with Crippen LogP contribution in [-0.4, -0.2) is 63.9 Å². The molecule has 0 bridgehead atoms. The molecule has 0 rings (SSSR count). The number of unbranched alkanes of at least 4 members (excludes halogenated alkanes) is 14. The van der Waals surface area contributed by atoms with E-state index >= 15 is 0 Å². The highest BCUT2D eigenvalue weighted by Gasteiger charge is 2.38. The van der Waals surface area contributed by atoms with Gasteiger partial charge in [-0.2, -0.15) is 0 Å². The number of nitrogens with zero attached hydrogens (tertiary/aromatic N) is 1. The van der Waals surface area contributed by atoms with E-state index in [0.29, 0.717) is 6.54 Å². The molecule has 0 aliphatic rings. The van der Waals surface area contributed by atoms with Gasteiger partial charge in [-0.1, -0.05) is 83.3 Å². The van der Waals surface area contributed by atoms with E-state index in [1.165, 1.54) is 70.6 Å². The summed E-state index contributed by atoms with van der Waals surface area (Å²) in [6, 6.07) is 0.